The highest BCUT2D eigenvalue weighted by atomic mass is 32.2. The lowest BCUT2D eigenvalue weighted by molar-refractivity contribution is 0.251. The summed E-state index contributed by atoms with van der Waals surface area (Å²) in [4.78, 5) is 0. The molecule has 1 aromatic carbocycles. The Morgan fingerprint density at radius 3 is 1.25 bits per heavy atom. The topological polar surface area (TPSA) is 109 Å². The first-order valence-electron chi connectivity index (χ1n) is 6.04. The number of hydrogen-bond donors (Lipinski definition) is 2. The van der Waals surface area contributed by atoms with Crippen LogP contribution in [0, 0.1) is 0 Å². The zero-order chi connectivity index (χ0) is 15.6. The van der Waals surface area contributed by atoms with Crippen LogP contribution in [0.2, 0.25) is 0 Å². The molecule has 0 amide bonds. The number of benzene rings is 1. The molecule has 0 saturated carbocycles. The number of hydrogen-bond acceptors (Lipinski definition) is 6. The molecule has 0 spiro atoms. The molecule has 0 heterocycles. The minimum absolute atomic E-state index is 0.136. The molecule has 2 atom stereocenters. The van der Waals surface area contributed by atoms with Crippen molar-refractivity contribution in [2.45, 2.75) is 24.7 Å². The standard InChI is InChI=1S/C12H18O6S2/c1-3-19(15,16)11(13)9-5-7-10(8-6-9)12(14)20(17,18)4-2/h5-8,11-14H,3-4H2,1-2H3. The fraction of sp³-hybridized carbons (Fsp3) is 0.500. The molecule has 2 N–H and O–H groups in total. The fourth-order valence-electron chi connectivity index (χ4n) is 1.56. The van der Waals surface area contributed by atoms with Crippen LogP contribution in [0.5, 0.6) is 0 Å². The highest BCUT2D eigenvalue weighted by molar-refractivity contribution is 7.91. The Kier molecular flexibility index (Phi) is 5.31. The molecule has 8 heteroatoms. The first-order valence-corrected chi connectivity index (χ1v) is 9.48. The average Bonchev–Trinajstić information content (AvgIpc) is 2.45. The van der Waals surface area contributed by atoms with Gasteiger partial charge in [0.05, 0.1) is 11.5 Å². The third-order valence-corrected chi connectivity index (χ3v) is 6.51. The second kappa shape index (κ2) is 6.21. The van der Waals surface area contributed by atoms with Gasteiger partial charge >= 0.3 is 0 Å². The summed E-state index contributed by atoms with van der Waals surface area (Å²) in [7, 11) is -7.29. The van der Waals surface area contributed by atoms with Gasteiger partial charge in [-0.2, -0.15) is 0 Å². The van der Waals surface area contributed by atoms with Gasteiger partial charge in [0.15, 0.2) is 30.5 Å². The SMILES string of the molecule is CCS(=O)(=O)C(O)c1ccc(C(O)S(=O)(=O)CC)cc1. The maximum absolute atomic E-state index is 11.5. The molecule has 0 aliphatic rings. The molecule has 6 nitrogen and oxygen atoms in total. The molecule has 114 valence electrons. The van der Waals surface area contributed by atoms with E-state index in [2.05, 4.69) is 0 Å². The smallest absolute Gasteiger partial charge is 0.180 e. The van der Waals surface area contributed by atoms with E-state index in [9.17, 15) is 27.0 Å². The normalized spacial score (nSPS) is 15.8. The molecule has 1 rings (SSSR count). The van der Waals surface area contributed by atoms with E-state index in [4.69, 9.17) is 0 Å². The summed E-state index contributed by atoms with van der Waals surface area (Å²) in [5.41, 5.74) is -3.03. The van der Waals surface area contributed by atoms with Gasteiger partial charge in [0.2, 0.25) is 0 Å². The van der Waals surface area contributed by atoms with E-state index in [0.717, 1.165) is 0 Å². The number of sulfone groups is 2. The zero-order valence-electron chi connectivity index (χ0n) is 11.2. The summed E-state index contributed by atoms with van der Waals surface area (Å²) < 4.78 is 46.1. The molecule has 0 aliphatic carbocycles. The lowest BCUT2D eigenvalue weighted by Gasteiger charge is -2.14. The predicted octanol–water partition coefficient (Wildman–Crippen LogP) is 0.538. The van der Waals surface area contributed by atoms with Gasteiger partial charge in [-0.15, -0.1) is 0 Å². The Morgan fingerprint density at radius 1 is 0.800 bits per heavy atom. The van der Waals surface area contributed by atoms with Gasteiger partial charge in [-0.3, -0.25) is 0 Å². The van der Waals surface area contributed by atoms with Crippen LogP contribution in [0.25, 0.3) is 0 Å². The Bertz CT molecular complexity index is 587. The fourth-order valence-corrected chi connectivity index (χ4v) is 3.33. The van der Waals surface area contributed by atoms with Crippen molar-refractivity contribution < 1.29 is 27.0 Å². The molecule has 0 aromatic heterocycles. The second-order valence-electron chi connectivity index (χ2n) is 4.27. The van der Waals surface area contributed by atoms with Crippen molar-refractivity contribution in [3.8, 4) is 0 Å². The van der Waals surface area contributed by atoms with Crippen LogP contribution in [0.3, 0.4) is 0 Å². The van der Waals surface area contributed by atoms with Gasteiger partial charge in [-0.1, -0.05) is 38.1 Å². The van der Waals surface area contributed by atoms with Crippen LogP contribution in [0.1, 0.15) is 35.8 Å². The summed E-state index contributed by atoms with van der Waals surface area (Å²) in [5, 5.41) is 19.4. The predicted molar refractivity (Wildman–Crippen MR) is 75.3 cm³/mol. The maximum atomic E-state index is 11.5. The van der Waals surface area contributed by atoms with Gasteiger partial charge in [0, 0.05) is 0 Å². The first-order chi connectivity index (χ1) is 9.15. The summed E-state index contributed by atoms with van der Waals surface area (Å²) >= 11 is 0. The summed E-state index contributed by atoms with van der Waals surface area (Å²) in [6, 6.07) is 5.17. The number of rotatable bonds is 6. The lowest BCUT2D eigenvalue weighted by atomic mass is 10.1. The minimum atomic E-state index is -3.64. The van der Waals surface area contributed by atoms with Crippen LogP contribution < -0.4 is 0 Å². The summed E-state index contributed by atoms with van der Waals surface area (Å²) in [6.07, 6.45) is 0. The van der Waals surface area contributed by atoms with E-state index in [0.29, 0.717) is 0 Å². The molecule has 1 aromatic rings. The number of aliphatic hydroxyl groups is 2. The molecular formula is C12H18O6S2. The largest absolute Gasteiger partial charge is 0.373 e. The van der Waals surface area contributed by atoms with E-state index >= 15 is 0 Å². The van der Waals surface area contributed by atoms with E-state index in [1.165, 1.54) is 38.1 Å². The average molecular weight is 322 g/mol. The minimum Gasteiger partial charge on any atom is -0.373 e. The van der Waals surface area contributed by atoms with Crippen molar-refractivity contribution in [1.29, 1.82) is 0 Å². The molecule has 0 aliphatic heterocycles. The summed E-state index contributed by atoms with van der Waals surface area (Å²) in [6.45, 7) is 2.84. The van der Waals surface area contributed by atoms with E-state index in [-0.39, 0.29) is 22.6 Å². The monoisotopic (exact) mass is 322 g/mol. The van der Waals surface area contributed by atoms with Crippen molar-refractivity contribution in [3.05, 3.63) is 35.4 Å². The van der Waals surface area contributed by atoms with Crippen molar-refractivity contribution in [2.24, 2.45) is 0 Å². The lowest BCUT2D eigenvalue weighted by Crippen LogP contribution is -2.16. The molecule has 2 unspecified atom stereocenters. The van der Waals surface area contributed by atoms with Gasteiger partial charge in [-0.25, -0.2) is 16.8 Å². The highest BCUT2D eigenvalue weighted by Gasteiger charge is 2.25. The first kappa shape index (κ1) is 17.1. The van der Waals surface area contributed by atoms with Crippen LogP contribution in [-0.4, -0.2) is 38.6 Å². The molecule has 0 bridgehead atoms. The van der Waals surface area contributed by atoms with Crippen molar-refractivity contribution in [1.82, 2.24) is 0 Å². The van der Waals surface area contributed by atoms with Gasteiger partial charge in [-0.05, 0) is 11.1 Å². The summed E-state index contributed by atoms with van der Waals surface area (Å²) in [5.74, 6) is -0.411. The Balaban J connectivity index is 3.07. The van der Waals surface area contributed by atoms with Crippen LogP contribution >= 0.6 is 0 Å². The molecule has 0 radical (unpaired) electrons. The highest BCUT2D eigenvalue weighted by Crippen LogP contribution is 2.24. The van der Waals surface area contributed by atoms with Crippen molar-refractivity contribution in [3.63, 3.8) is 0 Å². The molecule has 20 heavy (non-hydrogen) atoms. The third kappa shape index (κ3) is 3.57. The zero-order valence-corrected chi connectivity index (χ0v) is 12.9. The Hall–Kier alpha value is -0.960. The van der Waals surface area contributed by atoms with Crippen molar-refractivity contribution >= 4 is 19.7 Å². The van der Waals surface area contributed by atoms with E-state index in [1.54, 1.807) is 0 Å². The van der Waals surface area contributed by atoms with Gasteiger partial charge < -0.3 is 10.2 Å². The third-order valence-electron chi connectivity index (χ3n) is 2.99. The molecule has 0 fully saturated rings. The molecular weight excluding hydrogens is 304 g/mol. The molecule has 0 saturated heterocycles. The quantitative estimate of drug-likeness (QED) is 0.791. The van der Waals surface area contributed by atoms with Crippen LogP contribution in [0.4, 0.5) is 0 Å². The van der Waals surface area contributed by atoms with Gasteiger partial charge in [0.25, 0.3) is 0 Å². The van der Waals surface area contributed by atoms with Crippen LogP contribution in [0.15, 0.2) is 24.3 Å². The second-order valence-corrected chi connectivity index (χ2v) is 8.97. The Morgan fingerprint density at radius 2 is 1.05 bits per heavy atom. The number of aliphatic hydroxyl groups excluding tert-OH is 2. The maximum Gasteiger partial charge on any atom is 0.180 e. The van der Waals surface area contributed by atoms with Crippen LogP contribution in [-0.2, 0) is 19.7 Å². The van der Waals surface area contributed by atoms with Gasteiger partial charge in [0.1, 0.15) is 0 Å². The Labute approximate surface area is 118 Å². The van der Waals surface area contributed by atoms with E-state index < -0.39 is 30.5 Å². The van der Waals surface area contributed by atoms with E-state index in [1.807, 2.05) is 0 Å². The van der Waals surface area contributed by atoms with Crippen molar-refractivity contribution in [2.75, 3.05) is 11.5 Å².